The highest BCUT2D eigenvalue weighted by Crippen LogP contribution is 2.29. The van der Waals surface area contributed by atoms with E-state index in [1.807, 2.05) is 0 Å². The lowest BCUT2D eigenvalue weighted by Crippen LogP contribution is -2.12. The van der Waals surface area contributed by atoms with Gasteiger partial charge in [-0.3, -0.25) is 4.21 Å². The van der Waals surface area contributed by atoms with Crippen molar-refractivity contribution in [2.75, 3.05) is 12.0 Å². The van der Waals surface area contributed by atoms with E-state index in [2.05, 4.69) is 19.0 Å². The van der Waals surface area contributed by atoms with Crippen molar-refractivity contribution in [2.45, 2.75) is 38.4 Å². The predicted molar refractivity (Wildman–Crippen MR) is 91.8 cm³/mol. The van der Waals surface area contributed by atoms with Crippen molar-refractivity contribution in [1.29, 1.82) is 0 Å². The van der Waals surface area contributed by atoms with Crippen molar-refractivity contribution < 1.29 is 21.9 Å². The molecule has 3 rings (SSSR count). The maximum Gasteiger partial charge on any atom is 0.471 e. The fourth-order valence-corrected chi connectivity index (χ4v) is 4.83. The second-order valence-electron chi connectivity index (χ2n) is 6.68. The highest BCUT2D eigenvalue weighted by atomic mass is 32.2. The Morgan fingerprint density at radius 3 is 2.46 bits per heavy atom. The van der Waals surface area contributed by atoms with Crippen LogP contribution >= 0.6 is 0 Å². The molecule has 0 amide bonds. The van der Waals surface area contributed by atoms with Gasteiger partial charge in [-0.25, -0.2) is 4.36 Å². The molecule has 1 aliphatic rings. The topological polar surface area (TPSA) is 68.3 Å². The SMILES string of the molecule is CS(=O)(CC1CCCC1)=NCc1ccc(-c2noc(C(F)(F)F)n2)cc1. The summed E-state index contributed by atoms with van der Waals surface area (Å²) in [7, 11) is -2.23. The minimum Gasteiger partial charge on any atom is -0.329 e. The van der Waals surface area contributed by atoms with E-state index in [-0.39, 0.29) is 5.82 Å². The predicted octanol–water partition coefficient (Wildman–Crippen LogP) is 4.54. The van der Waals surface area contributed by atoms with Crippen LogP contribution in [0.15, 0.2) is 33.2 Å². The molecule has 1 aromatic carbocycles. The lowest BCUT2D eigenvalue weighted by Gasteiger charge is -2.10. The van der Waals surface area contributed by atoms with Gasteiger partial charge in [0, 0.05) is 27.3 Å². The molecular formula is C17H20F3N3O2S. The molecule has 26 heavy (non-hydrogen) atoms. The zero-order valence-electron chi connectivity index (χ0n) is 14.3. The summed E-state index contributed by atoms with van der Waals surface area (Å²) >= 11 is 0. The summed E-state index contributed by atoms with van der Waals surface area (Å²) in [5.41, 5.74) is 1.24. The molecule has 0 saturated heterocycles. The van der Waals surface area contributed by atoms with E-state index in [9.17, 15) is 17.4 Å². The molecule has 0 aliphatic heterocycles. The Morgan fingerprint density at radius 1 is 1.23 bits per heavy atom. The van der Waals surface area contributed by atoms with E-state index in [0.29, 0.717) is 23.8 Å². The zero-order chi connectivity index (χ0) is 18.8. The fraction of sp³-hybridized carbons (Fsp3) is 0.529. The number of benzene rings is 1. The molecule has 1 saturated carbocycles. The number of aromatic nitrogens is 2. The largest absolute Gasteiger partial charge is 0.471 e. The summed E-state index contributed by atoms with van der Waals surface area (Å²) in [6.45, 7) is 0.308. The first-order valence-electron chi connectivity index (χ1n) is 8.39. The maximum absolute atomic E-state index is 12.6. The third-order valence-corrected chi connectivity index (χ3v) is 6.19. The molecule has 142 valence electrons. The van der Waals surface area contributed by atoms with Gasteiger partial charge in [0.25, 0.3) is 0 Å². The zero-order valence-corrected chi connectivity index (χ0v) is 15.1. The molecule has 0 radical (unpaired) electrons. The van der Waals surface area contributed by atoms with Gasteiger partial charge in [0.1, 0.15) is 0 Å². The van der Waals surface area contributed by atoms with Gasteiger partial charge in [0.2, 0.25) is 5.82 Å². The van der Waals surface area contributed by atoms with E-state index in [1.165, 1.54) is 12.8 Å². The minimum absolute atomic E-state index is 0.124. The molecule has 1 aromatic heterocycles. The molecule has 2 aromatic rings. The summed E-state index contributed by atoms with van der Waals surface area (Å²) in [5, 5.41) is 3.35. The van der Waals surface area contributed by atoms with Gasteiger partial charge in [-0.2, -0.15) is 18.2 Å². The Kier molecular flexibility index (Phi) is 5.36. The first-order chi connectivity index (χ1) is 12.2. The van der Waals surface area contributed by atoms with Gasteiger partial charge in [0.15, 0.2) is 0 Å². The second-order valence-corrected chi connectivity index (χ2v) is 9.19. The van der Waals surface area contributed by atoms with E-state index in [4.69, 9.17) is 0 Å². The van der Waals surface area contributed by atoms with Crippen LogP contribution in [0.3, 0.4) is 0 Å². The number of nitrogens with zero attached hydrogens (tertiary/aromatic N) is 3. The molecule has 9 heteroatoms. The fourth-order valence-electron chi connectivity index (χ4n) is 3.09. The Hall–Kier alpha value is -1.90. The van der Waals surface area contributed by atoms with Crippen LogP contribution in [0, 0.1) is 5.92 Å². The van der Waals surface area contributed by atoms with Crippen molar-refractivity contribution in [3.8, 4) is 11.4 Å². The first kappa shape index (κ1) is 18.9. The van der Waals surface area contributed by atoms with Crippen LogP contribution in [0.25, 0.3) is 11.4 Å². The summed E-state index contributed by atoms with van der Waals surface area (Å²) in [6, 6.07) is 6.63. The average molecular weight is 387 g/mol. The Balaban J connectivity index is 1.66. The lowest BCUT2D eigenvalue weighted by molar-refractivity contribution is -0.159. The quantitative estimate of drug-likeness (QED) is 0.755. The average Bonchev–Trinajstić information content (AvgIpc) is 3.24. The van der Waals surface area contributed by atoms with E-state index in [0.717, 1.165) is 18.4 Å². The van der Waals surface area contributed by atoms with Crippen LogP contribution in [0.2, 0.25) is 0 Å². The summed E-state index contributed by atoms with van der Waals surface area (Å²) in [5.74, 6) is -0.362. The summed E-state index contributed by atoms with van der Waals surface area (Å²) < 4.78 is 58.7. The summed E-state index contributed by atoms with van der Waals surface area (Å²) in [6.07, 6.45) is 1.68. The van der Waals surface area contributed by atoms with Crippen LogP contribution < -0.4 is 0 Å². The van der Waals surface area contributed by atoms with Gasteiger partial charge >= 0.3 is 12.1 Å². The highest BCUT2D eigenvalue weighted by Gasteiger charge is 2.38. The van der Waals surface area contributed by atoms with Crippen molar-refractivity contribution in [3.63, 3.8) is 0 Å². The van der Waals surface area contributed by atoms with Gasteiger partial charge in [-0.15, -0.1) is 0 Å². The molecule has 0 spiro atoms. The first-order valence-corrected chi connectivity index (χ1v) is 10.5. The summed E-state index contributed by atoms with van der Waals surface area (Å²) in [4.78, 5) is 3.35. The maximum atomic E-state index is 12.6. The molecular weight excluding hydrogens is 367 g/mol. The van der Waals surface area contributed by atoms with Crippen molar-refractivity contribution in [2.24, 2.45) is 10.3 Å². The van der Waals surface area contributed by atoms with Gasteiger partial charge in [-0.05, 0) is 24.3 Å². The van der Waals surface area contributed by atoms with Crippen LogP contribution in [0.4, 0.5) is 13.2 Å². The monoisotopic (exact) mass is 387 g/mol. The number of hydrogen-bond acceptors (Lipinski definition) is 5. The Morgan fingerprint density at radius 2 is 1.88 bits per heavy atom. The Bertz CT molecular complexity index is 862. The van der Waals surface area contributed by atoms with E-state index < -0.39 is 21.8 Å². The smallest absolute Gasteiger partial charge is 0.329 e. The number of alkyl halides is 3. The van der Waals surface area contributed by atoms with Gasteiger partial charge in [0.05, 0.1) is 6.54 Å². The number of halogens is 3. The molecule has 1 aliphatic carbocycles. The molecule has 1 unspecified atom stereocenters. The Labute approximate surface area is 150 Å². The molecule has 1 fully saturated rings. The van der Waals surface area contributed by atoms with Gasteiger partial charge in [-0.1, -0.05) is 42.3 Å². The molecule has 1 heterocycles. The standard InChI is InChI=1S/C17H20F3N3O2S/c1-26(24,11-13-4-2-3-5-13)21-10-12-6-8-14(9-7-12)15-22-16(25-23-15)17(18,19)20/h6-9,13H,2-5,10-11H2,1H3. The normalized spacial score (nSPS) is 18.0. The van der Waals surface area contributed by atoms with E-state index in [1.54, 1.807) is 30.5 Å². The lowest BCUT2D eigenvalue weighted by atomic mass is 10.1. The molecule has 5 nitrogen and oxygen atoms in total. The van der Waals surface area contributed by atoms with Crippen molar-refractivity contribution >= 4 is 9.73 Å². The molecule has 0 N–H and O–H groups in total. The number of rotatable bonds is 5. The van der Waals surface area contributed by atoms with E-state index >= 15 is 0 Å². The van der Waals surface area contributed by atoms with Crippen LogP contribution in [-0.2, 0) is 22.5 Å². The number of hydrogen-bond donors (Lipinski definition) is 0. The molecule has 0 bridgehead atoms. The third-order valence-electron chi connectivity index (χ3n) is 4.42. The van der Waals surface area contributed by atoms with Crippen LogP contribution in [0.5, 0.6) is 0 Å². The third kappa shape index (κ3) is 4.84. The van der Waals surface area contributed by atoms with Crippen molar-refractivity contribution in [1.82, 2.24) is 10.1 Å². The van der Waals surface area contributed by atoms with Crippen LogP contribution in [-0.4, -0.2) is 26.4 Å². The second kappa shape index (κ2) is 7.38. The van der Waals surface area contributed by atoms with Crippen LogP contribution in [0.1, 0.15) is 37.1 Å². The highest BCUT2D eigenvalue weighted by molar-refractivity contribution is 7.92. The van der Waals surface area contributed by atoms with Gasteiger partial charge < -0.3 is 4.52 Å². The minimum atomic E-state index is -4.66. The van der Waals surface area contributed by atoms with Crippen molar-refractivity contribution in [3.05, 3.63) is 35.7 Å². The molecule has 1 atom stereocenters.